The van der Waals surface area contributed by atoms with Crippen LogP contribution in [0.3, 0.4) is 0 Å². The van der Waals surface area contributed by atoms with E-state index in [0.29, 0.717) is 17.8 Å². The van der Waals surface area contributed by atoms with Crippen LogP contribution in [0.15, 0.2) is 53.4 Å². The number of thioether (sulfide) groups is 1. The maximum atomic E-state index is 12.5. The van der Waals surface area contributed by atoms with Gasteiger partial charge in [0, 0.05) is 11.4 Å². The number of anilines is 1. The Bertz CT molecular complexity index is 747. The van der Waals surface area contributed by atoms with Gasteiger partial charge in [-0.1, -0.05) is 19.1 Å². The lowest BCUT2D eigenvalue weighted by Gasteiger charge is -2.15. The Morgan fingerprint density at radius 3 is 2.46 bits per heavy atom. The van der Waals surface area contributed by atoms with Crippen LogP contribution in [-0.2, 0) is 4.79 Å². The molecule has 138 valence electrons. The van der Waals surface area contributed by atoms with Gasteiger partial charge in [-0.05, 0) is 49.7 Å². The molecule has 0 aromatic heterocycles. The SMILES string of the molecule is CCCNC(=O)c1ccccc1NC(=O)[C@H](C)Sc1ccc(OC)cc1. The van der Waals surface area contributed by atoms with Crippen molar-refractivity contribution in [3.8, 4) is 5.75 Å². The highest BCUT2D eigenvalue weighted by Gasteiger charge is 2.18. The van der Waals surface area contributed by atoms with E-state index in [0.717, 1.165) is 17.1 Å². The van der Waals surface area contributed by atoms with Crippen molar-refractivity contribution in [3.63, 3.8) is 0 Å². The topological polar surface area (TPSA) is 67.4 Å². The Kier molecular flexibility index (Phi) is 7.53. The molecule has 0 aliphatic carbocycles. The molecule has 0 aliphatic rings. The Hall–Kier alpha value is -2.47. The second kappa shape index (κ2) is 9.87. The van der Waals surface area contributed by atoms with Crippen LogP contribution in [0, 0.1) is 0 Å². The second-order valence-electron chi connectivity index (χ2n) is 5.73. The number of rotatable bonds is 8. The van der Waals surface area contributed by atoms with Gasteiger partial charge in [0.1, 0.15) is 5.75 Å². The number of methoxy groups -OCH3 is 1. The fraction of sp³-hybridized carbons (Fsp3) is 0.300. The third kappa shape index (κ3) is 5.52. The van der Waals surface area contributed by atoms with E-state index in [9.17, 15) is 9.59 Å². The van der Waals surface area contributed by atoms with Crippen LogP contribution in [0.4, 0.5) is 5.69 Å². The number of carbonyl (C=O) groups excluding carboxylic acids is 2. The van der Waals surface area contributed by atoms with E-state index in [-0.39, 0.29) is 17.1 Å². The first kappa shape index (κ1) is 19.8. The molecule has 26 heavy (non-hydrogen) atoms. The van der Waals surface area contributed by atoms with Gasteiger partial charge in [-0.2, -0.15) is 0 Å². The molecule has 0 bridgehead atoms. The fourth-order valence-corrected chi connectivity index (χ4v) is 3.14. The molecule has 0 saturated heterocycles. The molecule has 0 radical (unpaired) electrons. The predicted molar refractivity (Wildman–Crippen MR) is 106 cm³/mol. The highest BCUT2D eigenvalue weighted by Crippen LogP contribution is 2.26. The molecule has 0 aliphatic heterocycles. The van der Waals surface area contributed by atoms with Gasteiger partial charge in [-0.3, -0.25) is 9.59 Å². The number of hydrogen-bond acceptors (Lipinski definition) is 4. The molecule has 1 atom stereocenters. The minimum absolute atomic E-state index is 0.151. The highest BCUT2D eigenvalue weighted by atomic mass is 32.2. The lowest BCUT2D eigenvalue weighted by molar-refractivity contribution is -0.115. The van der Waals surface area contributed by atoms with Crippen LogP contribution in [0.1, 0.15) is 30.6 Å². The Morgan fingerprint density at radius 2 is 1.81 bits per heavy atom. The number of hydrogen-bond donors (Lipinski definition) is 2. The van der Waals surface area contributed by atoms with Gasteiger partial charge < -0.3 is 15.4 Å². The average Bonchev–Trinajstić information content (AvgIpc) is 2.67. The van der Waals surface area contributed by atoms with Crippen molar-refractivity contribution >= 4 is 29.3 Å². The number of benzene rings is 2. The summed E-state index contributed by atoms with van der Waals surface area (Å²) in [4.78, 5) is 25.8. The monoisotopic (exact) mass is 372 g/mol. The highest BCUT2D eigenvalue weighted by molar-refractivity contribution is 8.00. The second-order valence-corrected chi connectivity index (χ2v) is 7.14. The largest absolute Gasteiger partial charge is 0.497 e. The van der Waals surface area contributed by atoms with Crippen molar-refractivity contribution in [2.45, 2.75) is 30.4 Å². The summed E-state index contributed by atoms with van der Waals surface area (Å²) in [5.74, 6) is 0.443. The molecule has 0 unspecified atom stereocenters. The van der Waals surface area contributed by atoms with Gasteiger partial charge >= 0.3 is 0 Å². The molecule has 5 nitrogen and oxygen atoms in total. The normalized spacial score (nSPS) is 11.5. The van der Waals surface area contributed by atoms with E-state index in [1.54, 1.807) is 31.4 Å². The lowest BCUT2D eigenvalue weighted by Crippen LogP contribution is -2.27. The van der Waals surface area contributed by atoms with Crippen molar-refractivity contribution in [3.05, 3.63) is 54.1 Å². The van der Waals surface area contributed by atoms with E-state index in [4.69, 9.17) is 4.74 Å². The van der Waals surface area contributed by atoms with E-state index < -0.39 is 0 Å². The zero-order valence-corrected chi connectivity index (χ0v) is 16.1. The van der Waals surface area contributed by atoms with E-state index in [2.05, 4.69) is 10.6 Å². The molecule has 0 saturated carbocycles. The summed E-state index contributed by atoms with van der Waals surface area (Å²) < 4.78 is 5.14. The van der Waals surface area contributed by atoms with Gasteiger partial charge in [0.05, 0.1) is 23.6 Å². The fourth-order valence-electron chi connectivity index (χ4n) is 2.27. The predicted octanol–water partition coefficient (Wildman–Crippen LogP) is 3.95. The van der Waals surface area contributed by atoms with Gasteiger partial charge in [0.25, 0.3) is 5.91 Å². The maximum Gasteiger partial charge on any atom is 0.253 e. The molecular formula is C20H24N2O3S. The van der Waals surface area contributed by atoms with Crippen molar-refractivity contribution in [2.75, 3.05) is 19.0 Å². The van der Waals surface area contributed by atoms with Crippen LogP contribution in [-0.4, -0.2) is 30.7 Å². The summed E-state index contributed by atoms with van der Waals surface area (Å²) in [5.41, 5.74) is 0.990. The zero-order chi connectivity index (χ0) is 18.9. The standard InChI is InChI=1S/C20H24N2O3S/c1-4-13-21-20(24)17-7-5-6-8-18(17)22-19(23)14(2)26-16-11-9-15(25-3)10-12-16/h5-12,14H,4,13H2,1-3H3,(H,21,24)(H,22,23)/t14-/m0/s1. The van der Waals surface area contributed by atoms with Crippen molar-refractivity contribution in [1.82, 2.24) is 5.32 Å². The molecule has 2 N–H and O–H groups in total. The number of para-hydroxylation sites is 1. The number of ether oxygens (including phenoxy) is 1. The molecule has 0 spiro atoms. The third-order valence-electron chi connectivity index (χ3n) is 3.71. The van der Waals surface area contributed by atoms with Crippen molar-refractivity contribution < 1.29 is 14.3 Å². The summed E-state index contributed by atoms with van der Waals surface area (Å²) in [5, 5.41) is 5.39. The first-order valence-electron chi connectivity index (χ1n) is 8.54. The van der Waals surface area contributed by atoms with Crippen LogP contribution >= 0.6 is 11.8 Å². The molecule has 0 fully saturated rings. The van der Waals surface area contributed by atoms with Crippen molar-refractivity contribution in [2.24, 2.45) is 0 Å². The average molecular weight is 372 g/mol. The van der Waals surface area contributed by atoms with Crippen LogP contribution in [0.5, 0.6) is 5.75 Å². The molecule has 2 aromatic rings. The lowest BCUT2D eigenvalue weighted by atomic mass is 10.1. The molecule has 2 amide bonds. The quantitative estimate of drug-likeness (QED) is 0.689. The first-order valence-corrected chi connectivity index (χ1v) is 9.42. The van der Waals surface area contributed by atoms with Crippen molar-refractivity contribution in [1.29, 1.82) is 0 Å². The van der Waals surface area contributed by atoms with Gasteiger partial charge in [-0.15, -0.1) is 11.8 Å². The molecular weight excluding hydrogens is 348 g/mol. The summed E-state index contributed by atoms with van der Waals surface area (Å²) >= 11 is 1.45. The summed E-state index contributed by atoms with van der Waals surface area (Å²) in [6.07, 6.45) is 0.857. The zero-order valence-electron chi connectivity index (χ0n) is 15.2. The molecule has 2 aromatic carbocycles. The first-order chi connectivity index (χ1) is 12.5. The van der Waals surface area contributed by atoms with Crippen LogP contribution < -0.4 is 15.4 Å². The molecule has 2 rings (SSSR count). The Labute approximate surface area is 158 Å². The Morgan fingerprint density at radius 1 is 1.12 bits per heavy atom. The van der Waals surface area contributed by atoms with E-state index in [1.807, 2.05) is 38.1 Å². The smallest absolute Gasteiger partial charge is 0.253 e. The van der Waals surface area contributed by atoms with E-state index in [1.165, 1.54) is 11.8 Å². The van der Waals surface area contributed by atoms with Gasteiger partial charge in [0.2, 0.25) is 5.91 Å². The minimum Gasteiger partial charge on any atom is -0.497 e. The number of carbonyl (C=O) groups is 2. The molecule has 6 heteroatoms. The van der Waals surface area contributed by atoms with Gasteiger partial charge in [0.15, 0.2) is 0 Å². The minimum atomic E-state index is -0.310. The molecule has 0 heterocycles. The summed E-state index contributed by atoms with van der Waals surface area (Å²) in [6, 6.07) is 14.6. The van der Waals surface area contributed by atoms with E-state index >= 15 is 0 Å². The van der Waals surface area contributed by atoms with Gasteiger partial charge in [-0.25, -0.2) is 0 Å². The van der Waals surface area contributed by atoms with Crippen LogP contribution in [0.25, 0.3) is 0 Å². The summed E-state index contributed by atoms with van der Waals surface area (Å²) in [7, 11) is 1.62. The number of nitrogens with one attached hydrogen (secondary N) is 2. The number of amides is 2. The summed E-state index contributed by atoms with van der Waals surface area (Å²) in [6.45, 7) is 4.43. The maximum absolute atomic E-state index is 12.5. The Balaban J connectivity index is 2.03. The third-order valence-corrected chi connectivity index (χ3v) is 4.82. The van der Waals surface area contributed by atoms with Crippen LogP contribution in [0.2, 0.25) is 0 Å².